The minimum atomic E-state index is -3.33. The molecule has 2 atom stereocenters. The van der Waals surface area contributed by atoms with E-state index in [4.69, 9.17) is 4.74 Å². The van der Waals surface area contributed by atoms with Gasteiger partial charge in [0.05, 0.1) is 29.4 Å². The normalized spacial score (nSPS) is 19.6. The Kier molecular flexibility index (Phi) is 6.47. The zero-order chi connectivity index (χ0) is 22.9. The van der Waals surface area contributed by atoms with Gasteiger partial charge in [0.15, 0.2) is 20.1 Å². The second-order valence-electron chi connectivity index (χ2n) is 8.13. The molecule has 11 heteroatoms. The van der Waals surface area contributed by atoms with Gasteiger partial charge in [-0.15, -0.1) is 0 Å². The molecule has 1 saturated carbocycles. The molecule has 2 unspecified atom stereocenters. The molecule has 1 aromatic heterocycles. The maximum atomic E-state index is 13.3. The summed E-state index contributed by atoms with van der Waals surface area (Å²) < 4.78 is 43.1. The summed E-state index contributed by atoms with van der Waals surface area (Å²) in [7, 11) is -2.00. The number of likely N-dealkylation sites (tertiary alicyclic amines) is 1. The molecular formula is C21H24FN3O5S2. The number of rotatable bonds is 7. The number of halogens is 1. The van der Waals surface area contributed by atoms with Crippen molar-refractivity contribution in [1.82, 2.24) is 9.88 Å². The molecule has 1 aliphatic heterocycles. The van der Waals surface area contributed by atoms with Crippen molar-refractivity contribution in [3.05, 3.63) is 41.2 Å². The largest absolute Gasteiger partial charge is 0.453 e. The minimum Gasteiger partial charge on any atom is -0.453 e. The van der Waals surface area contributed by atoms with E-state index in [1.54, 1.807) is 29.2 Å². The molecule has 2 amide bonds. The van der Waals surface area contributed by atoms with Crippen LogP contribution in [0.1, 0.15) is 37.2 Å². The number of anilines is 1. The summed E-state index contributed by atoms with van der Waals surface area (Å²) in [6, 6.07) is 6.41. The lowest BCUT2D eigenvalue weighted by Gasteiger charge is -2.21. The zero-order valence-corrected chi connectivity index (χ0v) is 19.1. The van der Waals surface area contributed by atoms with E-state index in [1.165, 1.54) is 7.11 Å². The van der Waals surface area contributed by atoms with Crippen LogP contribution in [0.25, 0.3) is 0 Å². The Morgan fingerprint density at radius 1 is 1.28 bits per heavy atom. The molecule has 2 heterocycles. The van der Waals surface area contributed by atoms with Gasteiger partial charge in [-0.3, -0.25) is 4.79 Å². The Bertz CT molecular complexity index is 1100. The van der Waals surface area contributed by atoms with E-state index in [9.17, 15) is 22.4 Å². The average Bonchev–Trinajstić information content (AvgIpc) is 3.42. The standard InChI is InChI=1S/C21H24FN3O5S2/c1-30-21(27)25-9-8-13(12-25)10-17(19(26)24-20-23-11-18(22)31-20)14-2-4-15(5-3-14)32(28,29)16-6-7-16/h2-5,11,13,16-17H,6-10,12H2,1H3,(H,23,24,26). The summed E-state index contributed by atoms with van der Waals surface area (Å²) >= 11 is 0.736. The molecule has 1 saturated heterocycles. The van der Waals surface area contributed by atoms with E-state index in [0.29, 0.717) is 37.9 Å². The van der Waals surface area contributed by atoms with Crippen LogP contribution in [-0.2, 0) is 19.4 Å². The van der Waals surface area contributed by atoms with Gasteiger partial charge in [-0.25, -0.2) is 18.2 Å². The number of methoxy groups -OCH3 is 1. The number of carbonyl (C=O) groups excluding carboxylic acids is 2. The zero-order valence-electron chi connectivity index (χ0n) is 17.5. The Morgan fingerprint density at radius 2 is 2.00 bits per heavy atom. The van der Waals surface area contributed by atoms with Crippen LogP contribution in [0.4, 0.5) is 14.3 Å². The van der Waals surface area contributed by atoms with E-state index in [-0.39, 0.29) is 27.1 Å². The van der Waals surface area contributed by atoms with Gasteiger partial charge < -0.3 is 15.0 Å². The molecule has 1 aliphatic carbocycles. The van der Waals surface area contributed by atoms with Crippen molar-refractivity contribution in [3.8, 4) is 0 Å². The second-order valence-corrected chi connectivity index (χ2v) is 11.3. The monoisotopic (exact) mass is 481 g/mol. The van der Waals surface area contributed by atoms with Crippen LogP contribution in [0.5, 0.6) is 0 Å². The van der Waals surface area contributed by atoms with E-state index in [1.807, 2.05) is 0 Å². The first-order valence-corrected chi connectivity index (χ1v) is 12.7. The van der Waals surface area contributed by atoms with Gasteiger partial charge in [0.25, 0.3) is 0 Å². The van der Waals surface area contributed by atoms with Crippen LogP contribution in [0.3, 0.4) is 0 Å². The summed E-state index contributed by atoms with van der Waals surface area (Å²) in [5.41, 5.74) is 0.658. The number of nitrogens with zero attached hydrogens (tertiary/aromatic N) is 2. The smallest absolute Gasteiger partial charge is 0.409 e. The Labute approximate surface area is 189 Å². The van der Waals surface area contributed by atoms with Crippen molar-refractivity contribution in [2.24, 2.45) is 5.92 Å². The van der Waals surface area contributed by atoms with Crippen molar-refractivity contribution >= 4 is 38.3 Å². The van der Waals surface area contributed by atoms with Gasteiger partial charge in [-0.05, 0) is 49.3 Å². The fourth-order valence-electron chi connectivity index (χ4n) is 4.01. The van der Waals surface area contributed by atoms with E-state index in [0.717, 1.165) is 24.0 Å². The number of hydrogen-bond acceptors (Lipinski definition) is 7. The molecule has 32 heavy (non-hydrogen) atoms. The first-order valence-electron chi connectivity index (χ1n) is 10.4. The Balaban J connectivity index is 1.54. The number of thiazole rings is 1. The third-order valence-corrected chi connectivity index (χ3v) is 8.87. The second kappa shape index (κ2) is 9.14. The maximum Gasteiger partial charge on any atom is 0.409 e. The highest BCUT2D eigenvalue weighted by Gasteiger charge is 2.37. The molecule has 1 aromatic carbocycles. The Hall–Kier alpha value is -2.53. The fraction of sp³-hybridized carbons (Fsp3) is 0.476. The van der Waals surface area contributed by atoms with Gasteiger partial charge >= 0.3 is 6.09 Å². The number of nitrogens with one attached hydrogen (secondary N) is 1. The van der Waals surface area contributed by atoms with Gasteiger partial charge in [0, 0.05) is 13.1 Å². The molecule has 172 valence electrons. The summed E-state index contributed by atoms with van der Waals surface area (Å²) in [4.78, 5) is 30.6. The summed E-state index contributed by atoms with van der Waals surface area (Å²) in [6.45, 7) is 1.01. The third kappa shape index (κ3) is 4.93. The number of aromatic nitrogens is 1. The van der Waals surface area contributed by atoms with E-state index < -0.39 is 27.0 Å². The number of ether oxygens (including phenoxy) is 1. The number of carbonyl (C=O) groups is 2. The van der Waals surface area contributed by atoms with Crippen molar-refractivity contribution in [2.75, 3.05) is 25.5 Å². The lowest BCUT2D eigenvalue weighted by molar-refractivity contribution is -0.118. The summed E-state index contributed by atoms with van der Waals surface area (Å²) in [6.07, 6.45) is 3.16. The number of hydrogen-bond donors (Lipinski definition) is 1. The van der Waals surface area contributed by atoms with Crippen LogP contribution in [0, 0.1) is 11.0 Å². The average molecular weight is 482 g/mol. The molecule has 0 bridgehead atoms. The van der Waals surface area contributed by atoms with Crippen molar-refractivity contribution < 1.29 is 27.1 Å². The first kappa shape index (κ1) is 22.7. The van der Waals surface area contributed by atoms with Gasteiger partial charge in [0.2, 0.25) is 5.91 Å². The Morgan fingerprint density at radius 3 is 2.59 bits per heavy atom. The highest BCUT2D eigenvalue weighted by Crippen LogP contribution is 2.35. The lowest BCUT2D eigenvalue weighted by Crippen LogP contribution is -2.29. The number of amides is 2. The van der Waals surface area contributed by atoms with Crippen molar-refractivity contribution in [2.45, 2.75) is 41.7 Å². The molecule has 2 fully saturated rings. The maximum absolute atomic E-state index is 13.3. The fourth-order valence-corrected chi connectivity index (χ4v) is 6.22. The number of benzene rings is 1. The lowest BCUT2D eigenvalue weighted by atomic mass is 9.87. The quantitative estimate of drug-likeness (QED) is 0.650. The topological polar surface area (TPSA) is 106 Å². The van der Waals surface area contributed by atoms with Crippen molar-refractivity contribution in [3.63, 3.8) is 0 Å². The number of sulfone groups is 1. The predicted molar refractivity (Wildman–Crippen MR) is 117 cm³/mol. The van der Waals surface area contributed by atoms with E-state index >= 15 is 0 Å². The summed E-state index contributed by atoms with van der Waals surface area (Å²) in [5.74, 6) is -0.899. The van der Waals surface area contributed by atoms with Crippen LogP contribution in [0.2, 0.25) is 0 Å². The summed E-state index contributed by atoms with van der Waals surface area (Å²) in [5, 5.41) is 2.00. The minimum absolute atomic E-state index is 0.0627. The third-order valence-electron chi connectivity index (χ3n) is 5.89. The van der Waals surface area contributed by atoms with Gasteiger partial charge in [-0.2, -0.15) is 4.39 Å². The predicted octanol–water partition coefficient (Wildman–Crippen LogP) is 3.42. The highest BCUT2D eigenvalue weighted by atomic mass is 32.2. The molecule has 2 aliphatic rings. The molecule has 0 spiro atoms. The van der Waals surface area contributed by atoms with Crippen LogP contribution in [0.15, 0.2) is 35.4 Å². The molecule has 0 radical (unpaired) electrons. The molecule has 2 aromatic rings. The van der Waals surface area contributed by atoms with Gasteiger partial charge in [0.1, 0.15) is 0 Å². The first-order chi connectivity index (χ1) is 15.3. The molecule has 8 nitrogen and oxygen atoms in total. The van der Waals surface area contributed by atoms with Crippen LogP contribution >= 0.6 is 11.3 Å². The highest BCUT2D eigenvalue weighted by molar-refractivity contribution is 7.92. The van der Waals surface area contributed by atoms with Crippen LogP contribution < -0.4 is 5.32 Å². The molecule has 1 N–H and O–H groups in total. The molecular weight excluding hydrogens is 457 g/mol. The van der Waals surface area contributed by atoms with Crippen LogP contribution in [-0.4, -0.2) is 55.8 Å². The van der Waals surface area contributed by atoms with Gasteiger partial charge in [-0.1, -0.05) is 23.5 Å². The molecule has 4 rings (SSSR count). The SMILES string of the molecule is COC(=O)N1CCC(CC(C(=O)Nc2ncc(F)s2)c2ccc(S(=O)(=O)C3CC3)cc2)C1. The van der Waals surface area contributed by atoms with Crippen molar-refractivity contribution in [1.29, 1.82) is 0 Å². The van der Waals surface area contributed by atoms with E-state index in [2.05, 4.69) is 10.3 Å².